The van der Waals surface area contributed by atoms with E-state index in [1.165, 1.54) is 30.3 Å². The molecule has 0 amide bonds. The molecule has 0 heterocycles. The first-order valence-corrected chi connectivity index (χ1v) is 8.94. The minimum atomic E-state index is -5.52. The second kappa shape index (κ2) is 9.59. The van der Waals surface area contributed by atoms with Crippen LogP contribution in [0, 0.1) is 79.3 Å². The van der Waals surface area contributed by atoms with Crippen LogP contribution in [0.3, 0.4) is 0 Å². The predicted molar refractivity (Wildman–Crippen MR) is 104 cm³/mol. The van der Waals surface area contributed by atoms with E-state index in [0.29, 0.717) is 0 Å². The Morgan fingerprint density at radius 1 is 0.556 bits per heavy atom. The SMILES string of the molecule is N#CC(C#N)=c1cc/c(=C(/C#N)c2c(C#N)c(C(F)(F)F)cc(C(F)(F)F)c2C#N)c(C#N)c1C#N. The lowest BCUT2D eigenvalue weighted by molar-refractivity contribution is -0.143. The maximum absolute atomic E-state index is 13.6. The van der Waals surface area contributed by atoms with Crippen LogP contribution < -0.4 is 10.4 Å². The molecule has 2 aromatic carbocycles. The third-order valence-electron chi connectivity index (χ3n) is 4.71. The average Bonchev–Trinajstić information content (AvgIpc) is 2.83. The monoisotopic (exact) mass is 491 g/mol. The van der Waals surface area contributed by atoms with E-state index in [1.54, 1.807) is 0 Å². The fraction of sp³-hybridized carbons (Fsp3) is 0.0870. The van der Waals surface area contributed by atoms with Crippen molar-refractivity contribution in [3.8, 4) is 42.5 Å². The average molecular weight is 491 g/mol. The minimum absolute atomic E-state index is 0.388. The summed E-state index contributed by atoms with van der Waals surface area (Å²) in [6.45, 7) is 0. The number of alkyl halides is 6. The van der Waals surface area contributed by atoms with Gasteiger partial charge in [-0.15, -0.1) is 0 Å². The molecule has 0 aliphatic carbocycles. The van der Waals surface area contributed by atoms with Gasteiger partial charge in [-0.3, -0.25) is 0 Å². The van der Waals surface area contributed by atoms with Gasteiger partial charge >= 0.3 is 12.4 Å². The van der Waals surface area contributed by atoms with Gasteiger partial charge < -0.3 is 0 Å². The molecule has 13 heteroatoms. The van der Waals surface area contributed by atoms with Crippen LogP contribution in [0.2, 0.25) is 0 Å². The first-order chi connectivity index (χ1) is 16.9. The topological polar surface area (TPSA) is 167 Å². The van der Waals surface area contributed by atoms with Crippen LogP contribution in [0.1, 0.15) is 38.9 Å². The van der Waals surface area contributed by atoms with Gasteiger partial charge in [0.15, 0.2) is 0 Å². The van der Waals surface area contributed by atoms with Gasteiger partial charge in [0.1, 0.15) is 48.1 Å². The van der Waals surface area contributed by atoms with Gasteiger partial charge in [0.2, 0.25) is 0 Å². The Morgan fingerprint density at radius 3 is 1.28 bits per heavy atom. The van der Waals surface area contributed by atoms with Crippen LogP contribution in [-0.4, -0.2) is 0 Å². The Balaban J connectivity index is 3.48. The number of benzene rings is 2. The van der Waals surface area contributed by atoms with Gasteiger partial charge in [0, 0.05) is 16.0 Å². The van der Waals surface area contributed by atoms with Crippen molar-refractivity contribution >= 4 is 11.1 Å². The Kier molecular flexibility index (Phi) is 7.04. The second-order valence-electron chi connectivity index (χ2n) is 6.54. The number of halogens is 6. The lowest BCUT2D eigenvalue weighted by Gasteiger charge is -2.18. The van der Waals surface area contributed by atoms with E-state index in [1.807, 2.05) is 0 Å². The Labute approximate surface area is 197 Å². The molecular formula is C23H3F6N7. The highest BCUT2D eigenvalue weighted by atomic mass is 19.4. The fourth-order valence-corrected chi connectivity index (χ4v) is 3.26. The van der Waals surface area contributed by atoms with Crippen molar-refractivity contribution in [3.05, 3.63) is 67.6 Å². The molecule has 0 spiro atoms. The molecule has 0 radical (unpaired) electrons. The van der Waals surface area contributed by atoms with Crippen LogP contribution in [0.25, 0.3) is 11.1 Å². The van der Waals surface area contributed by atoms with Gasteiger partial charge in [-0.2, -0.15) is 63.2 Å². The summed E-state index contributed by atoms with van der Waals surface area (Å²) < 4.78 is 81.7. The molecule has 0 aliphatic rings. The molecule has 7 nitrogen and oxygen atoms in total. The molecule has 0 atom stereocenters. The summed E-state index contributed by atoms with van der Waals surface area (Å²) in [4.78, 5) is 0. The van der Waals surface area contributed by atoms with Crippen molar-refractivity contribution in [2.75, 3.05) is 0 Å². The van der Waals surface area contributed by atoms with Crippen LogP contribution in [-0.2, 0) is 12.4 Å². The van der Waals surface area contributed by atoms with Gasteiger partial charge in [-0.1, -0.05) is 12.1 Å². The van der Waals surface area contributed by atoms with E-state index in [9.17, 15) is 52.7 Å². The van der Waals surface area contributed by atoms with E-state index in [2.05, 4.69) is 0 Å². The molecule has 2 rings (SSSR count). The van der Waals surface area contributed by atoms with Crippen molar-refractivity contribution in [1.82, 2.24) is 0 Å². The third-order valence-corrected chi connectivity index (χ3v) is 4.71. The molecule has 0 aromatic heterocycles. The summed E-state index contributed by atoms with van der Waals surface area (Å²) >= 11 is 0. The molecule has 0 saturated carbocycles. The number of hydrogen-bond acceptors (Lipinski definition) is 7. The molecule has 172 valence electrons. The summed E-state index contributed by atoms with van der Waals surface area (Å²) in [7, 11) is 0. The molecule has 0 bridgehead atoms. The Hall–Kier alpha value is -5.81. The number of rotatable bonds is 1. The number of hydrogen-bond donors (Lipinski definition) is 0. The third kappa shape index (κ3) is 4.35. The molecule has 0 N–H and O–H groups in total. The van der Waals surface area contributed by atoms with E-state index in [0.717, 1.165) is 24.3 Å². The highest BCUT2D eigenvalue weighted by Crippen LogP contribution is 2.42. The summed E-state index contributed by atoms with van der Waals surface area (Å²) in [6.07, 6.45) is -11.0. The molecule has 2 aromatic rings. The summed E-state index contributed by atoms with van der Waals surface area (Å²) in [5, 5.41) is 64.7. The molecule has 0 fully saturated rings. The van der Waals surface area contributed by atoms with Crippen molar-refractivity contribution in [2.45, 2.75) is 12.4 Å². The molecule has 0 unspecified atom stereocenters. The highest BCUT2D eigenvalue weighted by Gasteiger charge is 2.43. The standard InChI is InChI=1S/C23H3F6N7/c24-22(25,26)19-3-20(23(27,28)29)18(10-36)21(17(19)9-35)16(8-34)13-2-1-12(11(4-30)5-31)14(6-32)15(13)7-33/h1-3H/b16-13+. The lowest BCUT2D eigenvalue weighted by Crippen LogP contribution is -2.24. The zero-order chi connectivity index (χ0) is 27.4. The number of nitrogens with zero attached hydrogens (tertiary/aromatic N) is 7. The van der Waals surface area contributed by atoms with Gasteiger partial charge in [0.05, 0.1) is 39.0 Å². The summed E-state index contributed by atoms with van der Waals surface area (Å²) in [6, 6.07) is 10.6. The first kappa shape index (κ1) is 26.4. The number of nitriles is 7. The quantitative estimate of drug-likeness (QED) is 0.552. The van der Waals surface area contributed by atoms with Crippen LogP contribution >= 0.6 is 0 Å². The minimum Gasteiger partial charge on any atom is -0.192 e. The zero-order valence-corrected chi connectivity index (χ0v) is 17.1. The Morgan fingerprint density at radius 2 is 0.944 bits per heavy atom. The zero-order valence-electron chi connectivity index (χ0n) is 17.1. The normalized spacial score (nSPS) is 11.3. The van der Waals surface area contributed by atoms with Gasteiger partial charge in [-0.05, 0) is 6.07 Å². The smallest absolute Gasteiger partial charge is 0.192 e. The highest BCUT2D eigenvalue weighted by molar-refractivity contribution is 5.86. The van der Waals surface area contributed by atoms with Crippen molar-refractivity contribution in [2.24, 2.45) is 0 Å². The van der Waals surface area contributed by atoms with E-state index in [-0.39, 0.29) is 5.22 Å². The van der Waals surface area contributed by atoms with Gasteiger partial charge in [-0.25, -0.2) is 0 Å². The van der Waals surface area contributed by atoms with Gasteiger partial charge in [0.25, 0.3) is 0 Å². The summed E-state index contributed by atoms with van der Waals surface area (Å²) in [5.41, 5.74) is -11.7. The Bertz CT molecular complexity index is 1660. The largest absolute Gasteiger partial charge is 0.417 e. The van der Waals surface area contributed by atoms with Crippen LogP contribution in [0.5, 0.6) is 0 Å². The molecule has 0 saturated heterocycles. The lowest BCUT2D eigenvalue weighted by atomic mass is 9.86. The first-order valence-electron chi connectivity index (χ1n) is 8.94. The molecular weight excluding hydrogens is 488 g/mol. The molecule has 36 heavy (non-hydrogen) atoms. The second-order valence-corrected chi connectivity index (χ2v) is 6.54. The van der Waals surface area contributed by atoms with Crippen molar-refractivity contribution in [1.29, 1.82) is 36.8 Å². The van der Waals surface area contributed by atoms with E-state index in [4.69, 9.17) is 10.5 Å². The van der Waals surface area contributed by atoms with E-state index < -0.39 is 73.7 Å². The summed E-state index contributed by atoms with van der Waals surface area (Å²) in [5.74, 6) is 0. The van der Waals surface area contributed by atoms with Crippen LogP contribution in [0.15, 0.2) is 18.2 Å². The van der Waals surface area contributed by atoms with E-state index >= 15 is 0 Å². The predicted octanol–water partition coefficient (Wildman–Crippen LogP) is 3.13. The maximum Gasteiger partial charge on any atom is 0.417 e. The molecule has 0 aliphatic heterocycles. The fourth-order valence-electron chi connectivity index (χ4n) is 3.26. The van der Waals surface area contributed by atoms with Crippen molar-refractivity contribution < 1.29 is 26.3 Å². The van der Waals surface area contributed by atoms with Crippen LogP contribution in [0.4, 0.5) is 26.3 Å². The van der Waals surface area contributed by atoms with Crippen molar-refractivity contribution in [3.63, 3.8) is 0 Å². The maximum atomic E-state index is 13.6.